The molecule has 0 heterocycles. The molecule has 3 aliphatic carbocycles. The Morgan fingerprint density at radius 3 is 2.46 bits per heavy atom. The van der Waals surface area contributed by atoms with Crippen molar-refractivity contribution in [3.05, 3.63) is 35.4 Å². The zero-order valence-electron chi connectivity index (χ0n) is 18.4. The van der Waals surface area contributed by atoms with E-state index in [2.05, 4.69) is 63.4 Å². The summed E-state index contributed by atoms with van der Waals surface area (Å²) in [5, 5.41) is 11.8. The van der Waals surface area contributed by atoms with Crippen molar-refractivity contribution < 1.29 is 5.11 Å². The van der Waals surface area contributed by atoms with Gasteiger partial charge in [-0.1, -0.05) is 57.9 Å². The predicted octanol–water partition coefficient (Wildman–Crippen LogP) is 6.32. The van der Waals surface area contributed by atoms with Gasteiger partial charge < -0.3 is 5.11 Å². The quantitative estimate of drug-likeness (QED) is 0.469. The van der Waals surface area contributed by atoms with Crippen molar-refractivity contribution in [3.63, 3.8) is 0 Å². The molecule has 5 atom stereocenters. The van der Waals surface area contributed by atoms with Gasteiger partial charge >= 0.3 is 0 Å². The Kier molecular flexibility index (Phi) is 5.30. The molecule has 1 aromatic carbocycles. The van der Waals surface area contributed by atoms with Gasteiger partial charge in [-0.15, -0.1) is 5.54 Å². The normalized spacial score (nSPS) is 36.7. The lowest BCUT2D eigenvalue weighted by Gasteiger charge is -2.52. The molecule has 1 aromatic rings. The van der Waals surface area contributed by atoms with Crippen LogP contribution in [-0.2, 0) is 6.42 Å². The summed E-state index contributed by atoms with van der Waals surface area (Å²) in [6.45, 7) is 9.30. The molecule has 3 aliphatic rings. The first-order valence-corrected chi connectivity index (χ1v) is 14.4. The van der Waals surface area contributed by atoms with Crippen LogP contribution in [0.15, 0.2) is 24.3 Å². The van der Waals surface area contributed by atoms with Crippen molar-refractivity contribution in [2.75, 3.05) is 0 Å². The van der Waals surface area contributed by atoms with Crippen LogP contribution in [0.5, 0.6) is 0 Å². The van der Waals surface area contributed by atoms with Gasteiger partial charge in [0.25, 0.3) is 0 Å². The Morgan fingerprint density at radius 1 is 1.04 bits per heavy atom. The summed E-state index contributed by atoms with van der Waals surface area (Å²) in [6, 6.07) is 12.8. The highest BCUT2D eigenvalue weighted by Gasteiger charge is 2.61. The van der Waals surface area contributed by atoms with Crippen molar-refractivity contribution >= 4 is 8.07 Å². The third kappa shape index (κ3) is 2.93. The van der Waals surface area contributed by atoms with Gasteiger partial charge in [0, 0.05) is 5.41 Å². The van der Waals surface area contributed by atoms with Gasteiger partial charge in [0.1, 0.15) is 13.7 Å². The number of hydrogen-bond donors (Lipinski definition) is 1. The first-order chi connectivity index (χ1) is 13.4. The van der Waals surface area contributed by atoms with E-state index in [-0.39, 0.29) is 5.41 Å². The minimum Gasteiger partial charge on any atom is -0.377 e. The monoisotopic (exact) mass is 394 g/mol. The maximum absolute atomic E-state index is 11.8. The first-order valence-electron chi connectivity index (χ1n) is 11.8. The van der Waals surface area contributed by atoms with Crippen molar-refractivity contribution in [1.29, 1.82) is 0 Å². The van der Waals surface area contributed by atoms with Crippen LogP contribution in [0.4, 0.5) is 0 Å². The van der Waals surface area contributed by atoms with E-state index in [9.17, 15) is 5.11 Å². The number of rotatable bonds is 3. The summed E-state index contributed by atoms with van der Waals surface area (Å²) in [7, 11) is -1.52. The second-order valence-electron chi connectivity index (χ2n) is 10.1. The lowest BCUT2D eigenvalue weighted by atomic mass is 9.53. The Labute approximate surface area is 173 Å². The van der Waals surface area contributed by atoms with Gasteiger partial charge in [-0.3, -0.25) is 0 Å². The molecular weight excluding hydrogens is 356 g/mol. The molecule has 2 fully saturated rings. The Hall–Kier alpha value is -1.04. The van der Waals surface area contributed by atoms with E-state index in [1.807, 2.05) is 0 Å². The highest BCUT2D eigenvalue weighted by atomic mass is 28.3. The van der Waals surface area contributed by atoms with Gasteiger partial charge in [-0.05, 0) is 85.5 Å². The zero-order chi connectivity index (χ0) is 20.0. The lowest BCUT2D eigenvalue weighted by Crippen LogP contribution is -2.50. The molecule has 0 radical (unpaired) electrons. The molecule has 0 amide bonds. The molecular formula is C26H38OSi. The van der Waals surface area contributed by atoms with Crippen LogP contribution in [0.3, 0.4) is 0 Å². The third-order valence-corrected chi connectivity index (χ3v) is 14.1. The van der Waals surface area contributed by atoms with Gasteiger partial charge in [-0.25, -0.2) is 0 Å². The SMILES string of the molecule is CC[Si](C#C[C@]1(O)CC[C@H]2[C@@H]3CCc4ccccc4[C@H]3CC[C@@]21C)(CC)CC. The van der Waals surface area contributed by atoms with E-state index < -0.39 is 13.7 Å². The smallest absolute Gasteiger partial charge is 0.137 e. The fourth-order valence-electron chi connectivity index (χ4n) is 6.99. The number of aliphatic hydroxyl groups is 1. The Morgan fingerprint density at radius 2 is 1.75 bits per heavy atom. The van der Waals surface area contributed by atoms with Gasteiger partial charge in [0.05, 0.1) is 0 Å². The molecule has 1 N–H and O–H groups in total. The van der Waals surface area contributed by atoms with Crippen LogP contribution in [0.2, 0.25) is 18.1 Å². The lowest BCUT2D eigenvalue weighted by molar-refractivity contribution is -0.0647. The topological polar surface area (TPSA) is 20.2 Å². The average molecular weight is 395 g/mol. The average Bonchev–Trinajstić information content (AvgIpc) is 3.00. The molecule has 2 saturated carbocycles. The van der Waals surface area contributed by atoms with Gasteiger partial charge in [0.2, 0.25) is 0 Å². The van der Waals surface area contributed by atoms with Crippen LogP contribution in [0.1, 0.15) is 76.8 Å². The molecule has 0 bridgehead atoms. The highest BCUT2D eigenvalue weighted by Crippen LogP contribution is 2.64. The molecule has 152 valence electrons. The molecule has 0 spiro atoms. The summed E-state index contributed by atoms with van der Waals surface area (Å²) in [6.07, 6.45) is 6.89. The molecule has 1 nitrogen and oxygen atoms in total. The Balaban J connectivity index is 1.64. The van der Waals surface area contributed by atoms with Gasteiger partial charge in [0.15, 0.2) is 0 Å². The van der Waals surface area contributed by atoms with Crippen LogP contribution < -0.4 is 0 Å². The van der Waals surface area contributed by atoms with E-state index in [1.165, 1.54) is 37.4 Å². The van der Waals surface area contributed by atoms with E-state index in [0.29, 0.717) is 11.8 Å². The number of fused-ring (bicyclic) bond motifs is 5. The molecule has 4 rings (SSSR count). The standard InChI is InChI=1S/C26H38OSi/c1-5-28(6-2,7-3)19-18-26(27)17-15-24-23-13-12-20-10-8-9-11-21(20)22(23)14-16-25(24,26)4/h8-11,22-24,27H,5-7,12-17H2,1-4H3/t22-,23-,24+,25+,26-/m1/s1. The minimum absolute atomic E-state index is 0.0250. The largest absolute Gasteiger partial charge is 0.377 e. The van der Waals surface area contributed by atoms with Crippen molar-refractivity contribution in [2.45, 2.75) is 95.9 Å². The molecule has 0 unspecified atom stereocenters. The predicted molar refractivity (Wildman–Crippen MR) is 121 cm³/mol. The van der Waals surface area contributed by atoms with Crippen molar-refractivity contribution in [1.82, 2.24) is 0 Å². The molecule has 0 aromatic heterocycles. The summed E-state index contributed by atoms with van der Waals surface area (Å²) >= 11 is 0. The fraction of sp³-hybridized carbons (Fsp3) is 0.692. The Bertz CT molecular complexity index is 777. The molecule has 0 aliphatic heterocycles. The minimum atomic E-state index is -1.52. The molecule has 0 saturated heterocycles. The van der Waals surface area contributed by atoms with Crippen molar-refractivity contribution in [2.24, 2.45) is 17.3 Å². The van der Waals surface area contributed by atoms with E-state index in [4.69, 9.17) is 0 Å². The van der Waals surface area contributed by atoms with Crippen LogP contribution in [0.25, 0.3) is 0 Å². The number of aryl methyl sites for hydroxylation is 1. The van der Waals surface area contributed by atoms with E-state index in [1.54, 1.807) is 11.1 Å². The maximum atomic E-state index is 11.8. The highest BCUT2D eigenvalue weighted by molar-refractivity contribution is 6.87. The number of hydrogen-bond acceptors (Lipinski definition) is 1. The first kappa shape index (κ1) is 20.2. The molecule has 2 heteroatoms. The molecule has 28 heavy (non-hydrogen) atoms. The maximum Gasteiger partial charge on any atom is 0.137 e. The summed E-state index contributed by atoms with van der Waals surface area (Å²) in [5.74, 6) is 5.63. The van der Waals surface area contributed by atoms with Crippen LogP contribution in [0, 0.1) is 28.7 Å². The fourth-order valence-corrected chi connectivity index (χ4v) is 9.50. The second kappa shape index (κ2) is 7.33. The summed E-state index contributed by atoms with van der Waals surface area (Å²) in [5.41, 5.74) is 6.14. The number of benzene rings is 1. The third-order valence-electron chi connectivity index (χ3n) is 9.36. The van der Waals surface area contributed by atoms with E-state index >= 15 is 0 Å². The summed E-state index contributed by atoms with van der Waals surface area (Å²) < 4.78 is 0. The second-order valence-corrected chi connectivity index (χ2v) is 15.0. The van der Waals surface area contributed by atoms with Crippen LogP contribution in [-0.4, -0.2) is 18.8 Å². The van der Waals surface area contributed by atoms with Crippen LogP contribution >= 0.6 is 0 Å². The summed E-state index contributed by atoms with van der Waals surface area (Å²) in [4.78, 5) is 0. The van der Waals surface area contributed by atoms with Crippen molar-refractivity contribution in [3.8, 4) is 11.5 Å². The van der Waals surface area contributed by atoms with Gasteiger partial charge in [-0.2, -0.15) is 0 Å². The zero-order valence-corrected chi connectivity index (χ0v) is 19.4. The van der Waals surface area contributed by atoms with E-state index in [0.717, 1.165) is 25.2 Å².